The Bertz CT molecular complexity index is 1150. The lowest BCUT2D eigenvalue weighted by atomic mass is 10.2. The first kappa shape index (κ1) is 18.1. The molecule has 1 aliphatic rings. The number of nitrogens with one attached hydrogen (secondary N) is 1. The first-order valence-electron chi connectivity index (χ1n) is 9.92. The first-order chi connectivity index (χ1) is 14.8. The number of anilines is 5. The van der Waals surface area contributed by atoms with E-state index in [0.29, 0.717) is 11.5 Å². The van der Waals surface area contributed by atoms with Gasteiger partial charge < -0.3 is 20.9 Å². The minimum Gasteiger partial charge on any atom is -0.393 e. The van der Waals surface area contributed by atoms with Crippen molar-refractivity contribution in [2.45, 2.75) is 0 Å². The molecule has 0 saturated carbocycles. The molecular formula is C22H22N8. The minimum atomic E-state index is 0.546. The van der Waals surface area contributed by atoms with Gasteiger partial charge in [-0.3, -0.25) is 4.98 Å². The Morgan fingerprint density at radius 1 is 0.767 bits per heavy atom. The third-order valence-electron chi connectivity index (χ3n) is 5.31. The van der Waals surface area contributed by atoms with Crippen LogP contribution < -0.4 is 20.9 Å². The van der Waals surface area contributed by atoms with E-state index < -0.39 is 0 Å². The van der Waals surface area contributed by atoms with E-state index in [1.165, 1.54) is 0 Å². The van der Waals surface area contributed by atoms with Crippen molar-refractivity contribution in [2.75, 3.05) is 47.0 Å². The number of hydrogen-bond donors (Lipinski definition) is 2. The highest BCUT2D eigenvalue weighted by molar-refractivity contribution is 5.94. The molecule has 1 aromatic carbocycles. The number of nitrogens with two attached hydrogens (primary N) is 1. The average molecular weight is 398 g/mol. The lowest BCUT2D eigenvalue weighted by Crippen LogP contribution is -2.47. The van der Waals surface area contributed by atoms with Crippen molar-refractivity contribution in [3.05, 3.63) is 67.3 Å². The van der Waals surface area contributed by atoms with Crippen molar-refractivity contribution in [3.8, 4) is 0 Å². The standard InChI is InChI=1S/C22H22N8/c23-20-21(28-18-7-3-6-17-16(18)5-4-10-24-17)26-15-27-22(20)30-13-11-29(12-14-30)19-8-1-2-9-25-19/h1-10,15H,11-14,23H2,(H,26,27,28). The summed E-state index contributed by atoms with van der Waals surface area (Å²) in [6.07, 6.45) is 5.17. The minimum absolute atomic E-state index is 0.546. The number of hydrogen-bond acceptors (Lipinski definition) is 8. The summed E-state index contributed by atoms with van der Waals surface area (Å²) >= 11 is 0. The third-order valence-corrected chi connectivity index (χ3v) is 5.31. The summed E-state index contributed by atoms with van der Waals surface area (Å²) in [6.45, 7) is 3.35. The number of rotatable bonds is 4. The maximum atomic E-state index is 6.48. The highest BCUT2D eigenvalue weighted by Gasteiger charge is 2.22. The molecule has 4 aromatic rings. The van der Waals surface area contributed by atoms with Crippen molar-refractivity contribution in [3.63, 3.8) is 0 Å². The van der Waals surface area contributed by atoms with Crippen molar-refractivity contribution in [1.29, 1.82) is 0 Å². The zero-order chi connectivity index (χ0) is 20.3. The fraction of sp³-hybridized carbons (Fsp3) is 0.182. The van der Waals surface area contributed by atoms with Gasteiger partial charge in [0.05, 0.1) is 5.52 Å². The topological polar surface area (TPSA) is 96.1 Å². The van der Waals surface area contributed by atoms with Crippen molar-refractivity contribution in [1.82, 2.24) is 19.9 Å². The van der Waals surface area contributed by atoms with Crippen molar-refractivity contribution < 1.29 is 0 Å². The van der Waals surface area contributed by atoms with E-state index in [1.807, 2.05) is 54.7 Å². The van der Waals surface area contributed by atoms with E-state index in [2.05, 4.69) is 35.1 Å². The zero-order valence-electron chi connectivity index (χ0n) is 16.4. The van der Waals surface area contributed by atoms with E-state index in [1.54, 1.807) is 12.5 Å². The van der Waals surface area contributed by atoms with Crippen LogP contribution in [0.5, 0.6) is 0 Å². The average Bonchev–Trinajstić information content (AvgIpc) is 2.81. The van der Waals surface area contributed by atoms with E-state index in [0.717, 1.165) is 54.4 Å². The van der Waals surface area contributed by atoms with Crippen LogP contribution in [-0.4, -0.2) is 46.1 Å². The SMILES string of the molecule is Nc1c(Nc2cccc3ncccc23)ncnc1N1CCN(c2ccccn2)CC1. The summed E-state index contributed by atoms with van der Waals surface area (Å²) < 4.78 is 0. The Hall–Kier alpha value is -3.94. The van der Waals surface area contributed by atoms with E-state index in [-0.39, 0.29) is 0 Å². The maximum absolute atomic E-state index is 6.48. The number of piperazine rings is 1. The second kappa shape index (κ2) is 7.82. The molecule has 0 atom stereocenters. The number of benzene rings is 1. The molecule has 0 radical (unpaired) electrons. The van der Waals surface area contributed by atoms with Gasteiger partial charge in [-0.1, -0.05) is 12.1 Å². The summed E-state index contributed by atoms with van der Waals surface area (Å²) in [6, 6.07) is 15.9. The molecule has 1 saturated heterocycles. The molecule has 30 heavy (non-hydrogen) atoms. The maximum Gasteiger partial charge on any atom is 0.159 e. The van der Waals surface area contributed by atoms with Crippen LogP contribution in [0.15, 0.2) is 67.3 Å². The lowest BCUT2D eigenvalue weighted by Gasteiger charge is -2.36. The molecule has 5 rings (SSSR count). The molecule has 1 fully saturated rings. The fourth-order valence-corrected chi connectivity index (χ4v) is 3.77. The van der Waals surface area contributed by atoms with E-state index in [9.17, 15) is 0 Å². The molecule has 0 spiro atoms. The molecule has 8 heteroatoms. The van der Waals surface area contributed by atoms with Crippen LogP contribution in [0.4, 0.5) is 28.8 Å². The molecule has 1 aliphatic heterocycles. The Kier molecular flexibility index (Phi) is 4.72. The van der Waals surface area contributed by atoms with E-state index in [4.69, 9.17) is 5.73 Å². The van der Waals surface area contributed by atoms with Gasteiger partial charge in [-0.2, -0.15) is 0 Å². The molecule has 0 bridgehead atoms. The predicted molar refractivity (Wildman–Crippen MR) is 120 cm³/mol. The molecular weight excluding hydrogens is 376 g/mol. The molecule has 4 heterocycles. The molecule has 8 nitrogen and oxygen atoms in total. The van der Waals surface area contributed by atoms with Crippen LogP contribution in [0.3, 0.4) is 0 Å². The molecule has 0 aliphatic carbocycles. The molecule has 0 unspecified atom stereocenters. The van der Waals surface area contributed by atoms with Crippen LogP contribution in [0.1, 0.15) is 0 Å². The molecule has 0 amide bonds. The van der Waals surface area contributed by atoms with Crippen LogP contribution in [0.2, 0.25) is 0 Å². The van der Waals surface area contributed by atoms with Gasteiger partial charge in [-0.25, -0.2) is 15.0 Å². The van der Waals surface area contributed by atoms with E-state index >= 15 is 0 Å². The van der Waals surface area contributed by atoms with Gasteiger partial charge in [-0.05, 0) is 36.4 Å². The fourth-order valence-electron chi connectivity index (χ4n) is 3.77. The van der Waals surface area contributed by atoms with Gasteiger partial charge in [0.1, 0.15) is 17.8 Å². The lowest BCUT2D eigenvalue weighted by molar-refractivity contribution is 0.642. The van der Waals surface area contributed by atoms with Crippen molar-refractivity contribution in [2.24, 2.45) is 0 Å². The second-order valence-electron chi connectivity index (χ2n) is 7.12. The Morgan fingerprint density at radius 2 is 1.60 bits per heavy atom. The molecule has 3 aromatic heterocycles. The Morgan fingerprint density at radius 3 is 2.43 bits per heavy atom. The summed E-state index contributed by atoms with van der Waals surface area (Å²) in [5.74, 6) is 2.36. The van der Waals surface area contributed by atoms with Crippen LogP contribution in [0.25, 0.3) is 10.9 Å². The summed E-state index contributed by atoms with van der Waals surface area (Å²) in [5, 5.41) is 4.38. The number of nitrogen functional groups attached to an aromatic ring is 1. The van der Waals surface area contributed by atoms with Gasteiger partial charge in [0, 0.05) is 49.6 Å². The van der Waals surface area contributed by atoms with Gasteiger partial charge in [0.2, 0.25) is 0 Å². The third kappa shape index (κ3) is 3.43. The quantitative estimate of drug-likeness (QED) is 0.541. The number of fused-ring (bicyclic) bond motifs is 1. The number of aromatic nitrogens is 4. The van der Waals surface area contributed by atoms with Crippen LogP contribution in [0, 0.1) is 0 Å². The summed E-state index contributed by atoms with van der Waals surface area (Å²) in [5.41, 5.74) is 8.86. The first-order valence-corrected chi connectivity index (χ1v) is 9.92. The number of nitrogens with zero attached hydrogens (tertiary/aromatic N) is 6. The Balaban J connectivity index is 1.36. The van der Waals surface area contributed by atoms with Crippen LogP contribution >= 0.6 is 0 Å². The van der Waals surface area contributed by atoms with Crippen LogP contribution in [-0.2, 0) is 0 Å². The summed E-state index contributed by atoms with van der Waals surface area (Å²) in [4.78, 5) is 22.2. The largest absolute Gasteiger partial charge is 0.393 e. The van der Waals surface area contributed by atoms with Crippen molar-refractivity contribution >= 4 is 39.7 Å². The molecule has 150 valence electrons. The van der Waals surface area contributed by atoms with Gasteiger partial charge in [0.15, 0.2) is 11.6 Å². The smallest absolute Gasteiger partial charge is 0.159 e. The normalized spacial score (nSPS) is 14.1. The van der Waals surface area contributed by atoms with Gasteiger partial charge in [-0.15, -0.1) is 0 Å². The highest BCUT2D eigenvalue weighted by Crippen LogP contribution is 2.31. The monoisotopic (exact) mass is 398 g/mol. The predicted octanol–water partition coefficient (Wildman–Crippen LogP) is 3.07. The van der Waals surface area contributed by atoms with Gasteiger partial charge in [0.25, 0.3) is 0 Å². The zero-order valence-corrected chi connectivity index (χ0v) is 16.4. The summed E-state index contributed by atoms with van der Waals surface area (Å²) in [7, 11) is 0. The number of pyridine rings is 2. The van der Waals surface area contributed by atoms with Gasteiger partial charge >= 0.3 is 0 Å². The highest BCUT2D eigenvalue weighted by atomic mass is 15.3. The second-order valence-corrected chi connectivity index (χ2v) is 7.12. The molecule has 3 N–H and O–H groups in total. The Labute approximate surface area is 174 Å².